The molecule has 0 saturated heterocycles. The fraction of sp³-hybridized carbons (Fsp3) is 0.250. The molecule has 0 amide bonds. The number of halogens is 3. The number of alkyl halides is 3. The first-order valence-electron chi connectivity index (χ1n) is 4.03. The number of hydrogen-bond acceptors (Lipinski definition) is 5. The van der Waals surface area contributed by atoms with Crippen LogP contribution in [0.2, 0.25) is 0 Å². The molecule has 0 spiro atoms. The average molecular weight is 235 g/mol. The second kappa shape index (κ2) is 4.35. The van der Waals surface area contributed by atoms with Gasteiger partial charge in [0.25, 0.3) is 0 Å². The molecule has 0 saturated carbocycles. The van der Waals surface area contributed by atoms with Crippen LogP contribution in [-0.2, 0) is 10.9 Å². The van der Waals surface area contributed by atoms with Crippen molar-refractivity contribution in [1.29, 1.82) is 0 Å². The zero-order valence-corrected chi connectivity index (χ0v) is 8.13. The number of hydrazine groups is 1. The maximum absolute atomic E-state index is 12.4. The van der Waals surface area contributed by atoms with Crippen LogP contribution in [-0.4, -0.2) is 18.1 Å². The molecule has 1 rings (SSSR count). The molecule has 3 N–H and O–H groups in total. The van der Waals surface area contributed by atoms with E-state index in [1.807, 2.05) is 0 Å². The van der Waals surface area contributed by atoms with E-state index in [4.69, 9.17) is 5.84 Å². The fourth-order valence-electron chi connectivity index (χ4n) is 1.02. The third-order valence-electron chi connectivity index (χ3n) is 1.73. The number of aromatic nitrogens is 1. The Kier molecular flexibility index (Phi) is 3.33. The van der Waals surface area contributed by atoms with Crippen molar-refractivity contribution in [3.05, 3.63) is 23.4 Å². The van der Waals surface area contributed by atoms with Crippen LogP contribution in [0.5, 0.6) is 0 Å². The number of nitrogens with zero attached hydrogens (tertiary/aromatic N) is 1. The minimum Gasteiger partial charge on any atom is -0.464 e. The van der Waals surface area contributed by atoms with Gasteiger partial charge in [-0.1, -0.05) is 0 Å². The number of nitrogen functional groups attached to an aromatic ring is 1. The van der Waals surface area contributed by atoms with Crippen molar-refractivity contribution >= 4 is 11.8 Å². The van der Waals surface area contributed by atoms with Gasteiger partial charge in [-0.05, 0) is 12.1 Å². The molecular weight excluding hydrogens is 227 g/mol. The van der Waals surface area contributed by atoms with Crippen molar-refractivity contribution in [2.24, 2.45) is 5.84 Å². The highest BCUT2D eigenvalue weighted by Gasteiger charge is 2.34. The number of methoxy groups -OCH3 is 1. The third kappa shape index (κ3) is 2.40. The molecule has 8 heteroatoms. The third-order valence-corrected chi connectivity index (χ3v) is 1.73. The SMILES string of the molecule is COC(=O)c1ccc(C(F)(F)F)c(NN)n1. The van der Waals surface area contributed by atoms with E-state index in [-0.39, 0.29) is 5.69 Å². The zero-order chi connectivity index (χ0) is 12.3. The van der Waals surface area contributed by atoms with Crippen LogP contribution in [0.4, 0.5) is 19.0 Å². The average Bonchev–Trinajstić information content (AvgIpc) is 2.25. The molecule has 0 bridgehead atoms. The summed E-state index contributed by atoms with van der Waals surface area (Å²) in [5.41, 5.74) is 0.469. The molecular formula is C8H8F3N3O2. The van der Waals surface area contributed by atoms with Gasteiger partial charge in [0, 0.05) is 0 Å². The number of hydrogen-bond donors (Lipinski definition) is 2. The normalized spacial score (nSPS) is 11.1. The van der Waals surface area contributed by atoms with Gasteiger partial charge in [-0.15, -0.1) is 0 Å². The van der Waals surface area contributed by atoms with Gasteiger partial charge in [0.1, 0.15) is 0 Å². The molecule has 0 aliphatic carbocycles. The minimum atomic E-state index is -4.59. The number of esters is 1. The summed E-state index contributed by atoms with van der Waals surface area (Å²) < 4.78 is 41.5. The second-order valence-electron chi connectivity index (χ2n) is 2.73. The molecule has 0 aromatic carbocycles. The van der Waals surface area contributed by atoms with Crippen molar-refractivity contribution in [1.82, 2.24) is 4.98 Å². The van der Waals surface area contributed by atoms with Gasteiger partial charge in [0.15, 0.2) is 11.5 Å². The lowest BCUT2D eigenvalue weighted by Crippen LogP contribution is -2.18. The first kappa shape index (κ1) is 12.2. The van der Waals surface area contributed by atoms with E-state index in [0.717, 1.165) is 13.2 Å². The molecule has 16 heavy (non-hydrogen) atoms. The maximum atomic E-state index is 12.4. The zero-order valence-electron chi connectivity index (χ0n) is 8.13. The molecule has 0 aliphatic rings. The van der Waals surface area contributed by atoms with Crippen molar-refractivity contribution in [2.45, 2.75) is 6.18 Å². The van der Waals surface area contributed by atoms with Gasteiger partial charge in [-0.2, -0.15) is 13.2 Å². The summed E-state index contributed by atoms with van der Waals surface area (Å²) >= 11 is 0. The van der Waals surface area contributed by atoms with Crippen molar-refractivity contribution < 1.29 is 22.7 Å². The summed E-state index contributed by atoms with van der Waals surface area (Å²) in [7, 11) is 1.09. The Morgan fingerprint density at radius 1 is 1.50 bits per heavy atom. The Labute approximate surface area is 88.4 Å². The first-order chi connectivity index (χ1) is 7.40. The summed E-state index contributed by atoms with van der Waals surface area (Å²) in [6.45, 7) is 0. The number of anilines is 1. The van der Waals surface area contributed by atoms with Crippen LogP contribution in [0.1, 0.15) is 16.1 Å². The van der Waals surface area contributed by atoms with Gasteiger partial charge >= 0.3 is 12.1 Å². The van der Waals surface area contributed by atoms with Crippen LogP contribution < -0.4 is 11.3 Å². The topological polar surface area (TPSA) is 77.2 Å². The largest absolute Gasteiger partial charge is 0.464 e. The van der Waals surface area contributed by atoms with Crippen LogP contribution in [0.25, 0.3) is 0 Å². The van der Waals surface area contributed by atoms with E-state index in [1.54, 1.807) is 5.43 Å². The number of pyridine rings is 1. The number of rotatable bonds is 2. The molecule has 0 aliphatic heterocycles. The van der Waals surface area contributed by atoms with Crippen molar-refractivity contribution in [3.8, 4) is 0 Å². The number of carbonyl (C=O) groups is 1. The maximum Gasteiger partial charge on any atom is 0.419 e. The Morgan fingerprint density at radius 3 is 2.56 bits per heavy atom. The minimum absolute atomic E-state index is 0.261. The van der Waals surface area contributed by atoms with Gasteiger partial charge in [-0.25, -0.2) is 15.6 Å². The van der Waals surface area contributed by atoms with Crippen molar-refractivity contribution in [2.75, 3.05) is 12.5 Å². The quantitative estimate of drug-likeness (QED) is 0.457. The van der Waals surface area contributed by atoms with E-state index in [2.05, 4.69) is 9.72 Å². The summed E-state index contributed by atoms with van der Waals surface area (Å²) in [5, 5.41) is 0. The monoisotopic (exact) mass is 235 g/mol. The molecule has 0 unspecified atom stereocenters. The first-order valence-corrected chi connectivity index (χ1v) is 4.03. The van der Waals surface area contributed by atoms with Crippen LogP contribution in [0, 0.1) is 0 Å². The molecule has 0 atom stereocenters. The second-order valence-corrected chi connectivity index (χ2v) is 2.73. The van der Waals surface area contributed by atoms with Gasteiger partial charge in [-0.3, -0.25) is 0 Å². The lowest BCUT2D eigenvalue weighted by atomic mass is 10.2. The summed E-state index contributed by atoms with van der Waals surface area (Å²) in [6, 6.07) is 1.62. The van der Waals surface area contributed by atoms with Crippen molar-refractivity contribution in [3.63, 3.8) is 0 Å². The highest BCUT2D eigenvalue weighted by Crippen LogP contribution is 2.33. The van der Waals surface area contributed by atoms with Gasteiger partial charge in [0.05, 0.1) is 12.7 Å². The van der Waals surface area contributed by atoms with Crippen LogP contribution >= 0.6 is 0 Å². The summed E-state index contributed by atoms with van der Waals surface area (Å²) in [4.78, 5) is 14.4. The molecule has 1 aromatic rings. The molecule has 0 fully saturated rings. The number of ether oxygens (including phenoxy) is 1. The smallest absolute Gasteiger partial charge is 0.419 e. The molecule has 88 valence electrons. The summed E-state index contributed by atoms with van der Waals surface area (Å²) in [5.74, 6) is 3.42. The van der Waals surface area contributed by atoms with E-state index in [9.17, 15) is 18.0 Å². The summed E-state index contributed by atoms with van der Waals surface area (Å²) in [6.07, 6.45) is -4.59. The Hall–Kier alpha value is -1.83. The van der Waals surface area contributed by atoms with E-state index >= 15 is 0 Å². The van der Waals surface area contributed by atoms with E-state index < -0.39 is 23.5 Å². The highest BCUT2D eigenvalue weighted by molar-refractivity contribution is 5.87. The van der Waals surface area contributed by atoms with Crippen LogP contribution in [0.15, 0.2) is 12.1 Å². The Morgan fingerprint density at radius 2 is 2.12 bits per heavy atom. The standard InChI is InChI=1S/C8H8F3N3O2/c1-16-7(15)5-3-2-4(8(9,10)11)6(13-5)14-12/h2-3H,12H2,1H3,(H,13,14). The predicted octanol–water partition coefficient (Wildman–Crippen LogP) is 1.17. The lowest BCUT2D eigenvalue weighted by Gasteiger charge is -2.11. The molecule has 0 radical (unpaired) electrons. The fourth-order valence-corrected chi connectivity index (χ4v) is 1.02. The number of nitrogens with two attached hydrogens (primary N) is 1. The molecule has 1 heterocycles. The van der Waals surface area contributed by atoms with E-state index in [0.29, 0.717) is 6.07 Å². The van der Waals surface area contributed by atoms with Gasteiger partial charge in [0.2, 0.25) is 0 Å². The number of nitrogens with one attached hydrogen (secondary N) is 1. The molecule has 1 aromatic heterocycles. The van der Waals surface area contributed by atoms with E-state index in [1.165, 1.54) is 0 Å². The van der Waals surface area contributed by atoms with Gasteiger partial charge < -0.3 is 10.2 Å². The highest BCUT2D eigenvalue weighted by atomic mass is 19.4. The predicted molar refractivity (Wildman–Crippen MR) is 48.4 cm³/mol. The van der Waals surface area contributed by atoms with Crippen LogP contribution in [0.3, 0.4) is 0 Å². The number of carbonyl (C=O) groups excluding carboxylic acids is 1. The lowest BCUT2D eigenvalue weighted by molar-refractivity contribution is -0.137. The Bertz CT molecular complexity index is 406. The molecule has 5 nitrogen and oxygen atoms in total. The Balaban J connectivity index is 3.22.